The predicted molar refractivity (Wildman–Crippen MR) is 103 cm³/mol. The highest BCUT2D eigenvalue weighted by atomic mass is 35.5. The highest BCUT2D eigenvalue weighted by Gasteiger charge is 2.21. The van der Waals surface area contributed by atoms with Crippen molar-refractivity contribution in [1.82, 2.24) is 9.55 Å². The first-order valence-corrected chi connectivity index (χ1v) is 8.98. The number of rotatable bonds is 7. The van der Waals surface area contributed by atoms with Crippen molar-refractivity contribution in [3.8, 4) is 0 Å². The normalized spacial score (nSPS) is 12.1. The van der Waals surface area contributed by atoms with Crippen molar-refractivity contribution < 1.29 is 9.90 Å². The number of aliphatic carboxylic acids is 1. The molecule has 0 amide bonds. The van der Waals surface area contributed by atoms with Crippen LogP contribution in [0, 0.1) is 5.92 Å². The lowest BCUT2D eigenvalue weighted by atomic mass is 9.96. The Balaban J connectivity index is 1.77. The summed E-state index contributed by atoms with van der Waals surface area (Å²) in [7, 11) is 0. The minimum absolute atomic E-state index is 0.353. The monoisotopic (exact) mass is 388 g/mol. The Morgan fingerprint density at radius 3 is 2.38 bits per heavy atom. The topological polar surface area (TPSA) is 55.1 Å². The molecule has 0 radical (unpaired) electrons. The maximum Gasteiger partial charge on any atom is 0.307 e. The molecule has 134 valence electrons. The molecule has 1 unspecified atom stereocenters. The number of halogens is 2. The lowest BCUT2D eigenvalue weighted by molar-refractivity contribution is -0.141. The van der Waals surface area contributed by atoms with E-state index in [0.717, 1.165) is 17.0 Å². The van der Waals surface area contributed by atoms with E-state index >= 15 is 0 Å². The molecule has 0 fully saturated rings. The van der Waals surface area contributed by atoms with Crippen molar-refractivity contribution in [1.29, 1.82) is 0 Å². The average molecular weight is 389 g/mol. The van der Waals surface area contributed by atoms with E-state index in [0.29, 0.717) is 29.4 Å². The van der Waals surface area contributed by atoms with Gasteiger partial charge >= 0.3 is 5.97 Å². The van der Waals surface area contributed by atoms with Crippen LogP contribution in [0.25, 0.3) is 0 Å². The second kappa shape index (κ2) is 8.39. The summed E-state index contributed by atoms with van der Waals surface area (Å²) in [4.78, 5) is 16.1. The zero-order valence-electron chi connectivity index (χ0n) is 14.0. The van der Waals surface area contributed by atoms with Gasteiger partial charge in [-0.2, -0.15) is 0 Å². The first-order chi connectivity index (χ1) is 12.5. The van der Waals surface area contributed by atoms with Crippen LogP contribution >= 0.6 is 23.2 Å². The van der Waals surface area contributed by atoms with E-state index in [1.54, 1.807) is 12.3 Å². The first-order valence-electron chi connectivity index (χ1n) is 8.23. The molecule has 26 heavy (non-hydrogen) atoms. The fourth-order valence-corrected chi connectivity index (χ4v) is 3.51. The van der Waals surface area contributed by atoms with E-state index < -0.39 is 11.9 Å². The van der Waals surface area contributed by atoms with Gasteiger partial charge in [0.25, 0.3) is 0 Å². The summed E-state index contributed by atoms with van der Waals surface area (Å²) in [6, 6.07) is 15.0. The lowest BCUT2D eigenvalue weighted by Crippen LogP contribution is -2.21. The summed E-state index contributed by atoms with van der Waals surface area (Å²) in [6.07, 6.45) is 4.34. The quantitative estimate of drug-likeness (QED) is 0.636. The lowest BCUT2D eigenvalue weighted by Gasteiger charge is -2.14. The van der Waals surface area contributed by atoms with Gasteiger partial charge in [-0.05, 0) is 35.7 Å². The second-order valence-corrected chi connectivity index (χ2v) is 7.05. The van der Waals surface area contributed by atoms with Crippen LogP contribution in [-0.4, -0.2) is 20.6 Å². The average Bonchev–Trinajstić information content (AvgIpc) is 3.01. The third-order valence-electron chi connectivity index (χ3n) is 4.18. The van der Waals surface area contributed by atoms with Gasteiger partial charge in [0.1, 0.15) is 5.82 Å². The van der Waals surface area contributed by atoms with Gasteiger partial charge in [-0.1, -0.05) is 53.5 Å². The summed E-state index contributed by atoms with van der Waals surface area (Å²) < 4.78 is 1.93. The fraction of sp³-hybridized carbons (Fsp3) is 0.200. The molecule has 0 saturated carbocycles. The number of hydrogen-bond acceptors (Lipinski definition) is 2. The van der Waals surface area contributed by atoms with Crippen LogP contribution in [0.2, 0.25) is 10.0 Å². The van der Waals surface area contributed by atoms with Gasteiger partial charge < -0.3 is 9.67 Å². The number of carboxylic acids is 1. The van der Waals surface area contributed by atoms with Gasteiger partial charge in [-0.15, -0.1) is 0 Å². The third-order valence-corrected chi connectivity index (χ3v) is 4.62. The maximum absolute atomic E-state index is 11.7. The van der Waals surface area contributed by atoms with E-state index in [1.165, 1.54) is 0 Å². The van der Waals surface area contributed by atoms with Crippen LogP contribution in [0.5, 0.6) is 0 Å². The Morgan fingerprint density at radius 2 is 1.73 bits per heavy atom. The van der Waals surface area contributed by atoms with Crippen LogP contribution < -0.4 is 0 Å². The predicted octanol–water partition coefficient (Wildman–Crippen LogP) is 4.72. The van der Waals surface area contributed by atoms with Crippen molar-refractivity contribution in [2.75, 3.05) is 0 Å². The highest BCUT2D eigenvalue weighted by molar-refractivity contribution is 6.34. The van der Waals surface area contributed by atoms with Crippen molar-refractivity contribution in [3.05, 3.63) is 87.9 Å². The van der Waals surface area contributed by atoms with E-state index in [4.69, 9.17) is 23.2 Å². The molecule has 4 nitrogen and oxygen atoms in total. The van der Waals surface area contributed by atoms with Crippen LogP contribution in [0.4, 0.5) is 0 Å². The molecule has 1 aromatic heterocycles. The van der Waals surface area contributed by atoms with Crippen molar-refractivity contribution in [3.63, 3.8) is 0 Å². The molecule has 0 aliphatic rings. The molecular weight excluding hydrogens is 371 g/mol. The smallest absolute Gasteiger partial charge is 0.307 e. The summed E-state index contributed by atoms with van der Waals surface area (Å²) in [6.45, 7) is 0.535. The van der Waals surface area contributed by atoms with E-state index in [-0.39, 0.29) is 0 Å². The molecule has 0 saturated heterocycles. The van der Waals surface area contributed by atoms with Crippen LogP contribution in [0.3, 0.4) is 0 Å². The standard InChI is InChI=1S/C20H18Cl2N2O2/c21-17-9-15(10-18(22)12-17)13-24-7-6-23-19(24)11-16(20(25)26)8-14-4-2-1-3-5-14/h1-7,9-10,12,16H,8,11,13H2,(H,25,26). The molecule has 0 spiro atoms. The molecule has 1 heterocycles. The Labute approximate surface area is 162 Å². The molecule has 0 aliphatic heterocycles. The van der Waals surface area contributed by atoms with Crippen molar-refractivity contribution in [2.45, 2.75) is 19.4 Å². The number of benzene rings is 2. The molecular formula is C20H18Cl2N2O2. The second-order valence-electron chi connectivity index (χ2n) is 6.18. The molecule has 2 aromatic carbocycles. The van der Waals surface area contributed by atoms with Crippen molar-refractivity contribution in [2.24, 2.45) is 5.92 Å². The maximum atomic E-state index is 11.7. The van der Waals surface area contributed by atoms with Gasteiger partial charge in [0, 0.05) is 35.4 Å². The number of hydrogen-bond donors (Lipinski definition) is 1. The van der Waals surface area contributed by atoms with E-state index in [1.807, 2.05) is 53.2 Å². The van der Waals surface area contributed by atoms with Crippen LogP contribution in [-0.2, 0) is 24.2 Å². The van der Waals surface area contributed by atoms with Gasteiger partial charge in [0.15, 0.2) is 0 Å². The van der Waals surface area contributed by atoms with Gasteiger partial charge in [-0.25, -0.2) is 4.98 Å². The van der Waals surface area contributed by atoms with Gasteiger partial charge in [-0.3, -0.25) is 4.79 Å². The molecule has 0 aliphatic carbocycles. The Kier molecular flexibility index (Phi) is 5.96. The summed E-state index contributed by atoms with van der Waals surface area (Å²) >= 11 is 12.1. The molecule has 1 atom stereocenters. The largest absolute Gasteiger partial charge is 0.481 e. The number of carboxylic acid groups (broad SMARTS) is 1. The SMILES string of the molecule is O=C(O)C(Cc1ccccc1)Cc1nccn1Cc1cc(Cl)cc(Cl)c1. The Bertz CT molecular complexity index is 874. The van der Waals surface area contributed by atoms with Crippen LogP contribution in [0.15, 0.2) is 60.9 Å². The molecule has 1 N–H and O–H groups in total. The number of nitrogens with zero attached hydrogens (tertiary/aromatic N) is 2. The zero-order valence-corrected chi connectivity index (χ0v) is 15.5. The van der Waals surface area contributed by atoms with Gasteiger partial charge in [0.2, 0.25) is 0 Å². The molecule has 3 rings (SSSR count). The number of imidazole rings is 1. The van der Waals surface area contributed by atoms with Crippen molar-refractivity contribution >= 4 is 29.2 Å². The molecule has 3 aromatic rings. The van der Waals surface area contributed by atoms with E-state index in [9.17, 15) is 9.90 Å². The molecule has 6 heteroatoms. The van der Waals surface area contributed by atoms with Gasteiger partial charge in [0.05, 0.1) is 5.92 Å². The highest BCUT2D eigenvalue weighted by Crippen LogP contribution is 2.21. The third kappa shape index (κ3) is 4.87. The minimum atomic E-state index is -0.825. The summed E-state index contributed by atoms with van der Waals surface area (Å²) in [5.74, 6) is -0.639. The summed E-state index contributed by atoms with van der Waals surface area (Å²) in [5, 5.41) is 10.8. The first kappa shape index (κ1) is 18.5. The molecule has 0 bridgehead atoms. The van der Waals surface area contributed by atoms with E-state index in [2.05, 4.69) is 4.98 Å². The van der Waals surface area contributed by atoms with Crippen LogP contribution in [0.1, 0.15) is 17.0 Å². The number of aromatic nitrogens is 2. The fourth-order valence-electron chi connectivity index (χ4n) is 2.94. The summed E-state index contributed by atoms with van der Waals surface area (Å²) in [5.41, 5.74) is 1.94. The zero-order chi connectivity index (χ0) is 18.5. The Hall–Kier alpha value is -2.30. The Morgan fingerprint density at radius 1 is 1.04 bits per heavy atom. The number of carbonyl (C=O) groups is 1. The minimum Gasteiger partial charge on any atom is -0.481 e.